The van der Waals surface area contributed by atoms with Crippen LogP contribution in [0.4, 0.5) is 0 Å². The second-order valence-corrected chi connectivity index (χ2v) is 16.4. The molecule has 0 radical (unpaired) electrons. The van der Waals surface area contributed by atoms with Crippen molar-refractivity contribution in [2.24, 2.45) is 11.8 Å². The van der Waals surface area contributed by atoms with Gasteiger partial charge in [0.2, 0.25) is 5.91 Å². The van der Waals surface area contributed by atoms with E-state index in [1.807, 2.05) is 6.07 Å². The van der Waals surface area contributed by atoms with E-state index in [1.54, 1.807) is 0 Å². The zero-order valence-electron chi connectivity index (χ0n) is 30.9. The third-order valence-electron chi connectivity index (χ3n) is 13.1. The van der Waals surface area contributed by atoms with Gasteiger partial charge in [0.25, 0.3) is 0 Å². The number of nitrogens with zero attached hydrogens (tertiary/aromatic N) is 2. The number of unbranched alkanes of at least 4 members (excludes halogenated alkanes) is 4. The molecule has 7 atom stereocenters. The van der Waals surface area contributed by atoms with Crippen molar-refractivity contribution >= 4 is 11.9 Å². The highest BCUT2D eigenvalue weighted by Gasteiger charge is 2.67. The van der Waals surface area contributed by atoms with Gasteiger partial charge in [-0.3, -0.25) is 14.5 Å². The highest BCUT2D eigenvalue weighted by atomic mass is 16.6. The van der Waals surface area contributed by atoms with E-state index in [1.165, 1.54) is 42.0 Å². The molecule has 1 spiro atoms. The summed E-state index contributed by atoms with van der Waals surface area (Å²) in [5.74, 6) is 1.95. The number of benzene rings is 3. The van der Waals surface area contributed by atoms with Gasteiger partial charge < -0.3 is 19.5 Å². The van der Waals surface area contributed by atoms with Crippen LogP contribution in [0, 0.1) is 11.8 Å². The van der Waals surface area contributed by atoms with E-state index in [0.29, 0.717) is 36.6 Å². The molecule has 7 nitrogen and oxygen atoms in total. The van der Waals surface area contributed by atoms with Crippen LogP contribution in [-0.2, 0) is 34.3 Å². The average Bonchev–Trinajstić information content (AvgIpc) is 3.73. The van der Waals surface area contributed by atoms with Crippen LogP contribution >= 0.6 is 0 Å². The smallest absolute Gasteiger partial charge is 0.308 e. The number of carbonyl (C=O) groups excluding carboxylic acids is 2. The largest absolute Gasteiger partial charge is 0.483 e. The second-order valence-electron chi connectivity index (χ2n) is 16.4. The third kappa shape index (κ3) is 7.03. The summed E-state index contributed by atoms with van der Waals surface area (Å²) >= 11 is 0. The van der Waals surface area contributed by atoms with Crippen LogP contribution in [-0.4, -0.2) is 70.7 Å². The van der Waals surface area contributed by atoms with Crippen molar-refractivity contribution in [3.8, 4) is 11.5 Å². The van der Waals surface area contributed by atoms with Crippen LogP contribution in [0.3, 0.4) is 0 Å². The van der Waals surface area contributed by atoms with E-state index >= 15 is 0 Å². The zero-order chi connectivity index (χ0) is 35.7. The molecule has 52 heavy (non-hydrogen) atoms. The predicted octanol–water partition coefficient (Wildman–Crippen LogP) is 7.45. The predicted molar refractivity (Wildman–Crippen MR) is 202 cm³/mol. The molecule has 276 valence electrons. The molecule has 2 aliphatic heterocycles. The molecule has 1 saturated heterocycles. The number of piperidine rings is 1. The standard InChI is InChI=1S/C45H56N2O5/c1-31(48)51-40-24-21-34-28-38-36-22-23-37(44-45(36,42(34)43(40)52-44)25-27-46(38)30-35-29-39(35)49)47(26-13-19-33-17-10-6-11-18-33)41(50)20-12-4-2-3-7-14-32-15-8-5-9-16-32/h5-6,8-11,15-18,21,24,35-39,44,49H,2-4,7,12-14,19-20,22-23,25-30H2,1H3/t35?,36-,37+,38+,39?,44-,45-/m0/s1. The molecule has 5 aliphatic rings. The van der Waals surface area contributed by atoms with Gasteiger partial charge in [0.1, 0.15) is 6.10 Å². The maximum absolute atomic E-state index is 14.4. The van der Waals surface area contributed by atoms with Gasteiger partial charge in [0.05, 0.1) is 12.1 Å². The summed E-state index contributed by atoms with van der Waals surface area (Å²) in [6.07, 6.45) is 13.5. The fourth-order valence-corrected chi connectivity index (χ4v) is 10.6. The van der Waals surface area contributed by atoms with Crippen molar-refractivity contribution in [1.82, 2.24) is 9.80 Å². The minimum Gasteiger partial charge on any atom is -0.483 e. The minimum absolute atomic E-state index is 0.0358. The van der Waals surface area contributed by atoms with Crippen LogP contribution in [0.25, 0.3) is 0 Å². The lowest BCUT2D eigenvalue weighted by Gasteiger charge is -2.60. The summed E-state index contributed by atoms with van der Waals surface area (Å²) in [7, 11) is 0. The van der Waals surface area contributed by atoms with E-state index < -0.39 is 0 Å². The first-order chi connectivity index (χ1) is 25.4. The average molecular weight is 705 g/mol. The van der Waals surface area contributed by atoms with E-state index in [4.69, 9.17) is 9.47 Å². The maximum Gasteiger partial charge on any atom is 0.308 e. The van der Waals surface area contributed by atoms with Gasteiger partial charge >= 0.3 is 5.97 Å². The van der Waals surface area contributed by atoms with Crippen molar-refractivity contribution in [3.05, 3.63) is 95.1 Å². The lowest BCUT2D eigenvalue weighted by molar-refractivity contribution is -0.143. The molecule has 2 bridgehead atoms. The third-order valence-corrected chi connectivity index (χ3v) is 13.1. The van der Waals surface area contributed by atoms with Gasteiger partial charge in [-0.05, 0) is 99.4 Å². The maximum atomic E-state index is 14.4. The van der Waals surface area contributed by atoms with E-state index in [2.05, 4.69) is 76.5 Å². The summed E-state index contributed by atoms with van der Waals surface area (Å²) in [6.45, 7) is 4.08. The Hall–Kier alpha value is -3.68. The Balaban J connectivity index is 1.02. The van der Waals surface area contributed by atoms with Crippen molar-refractivity contribution in [2.45, 2.75) is 127 Å². The van der Waals surface area contributed by atoms with Crippen LogP contribution in [0.1, 0.15) is 99.8 Å². The van der Waals surface area contributed by atoms with Crippen molar-refractivity contribution < 1.29 is 24.2 Å². The number of hydrogen-bond acceptors (Lipinski definition) is 6. The Morgan fingerprint density at radius 3 is 2.31 bits per heavy atom. The van der Waals surface area contributed by atoms with Crippen LogP contribution in [0.5, 0.6) is 11.5 Å². The highest BCUT2D eigenvalue weighted by molar-refractivity contribution is 5.77. The molecular weight excluding hydrogens is 649 g/mol. The summed E-state index contributed by atoms with van der Waals surface area (Å²) in [6, 6.07) is 25.8. The van der Waals surface area contributed by atoms with Gasteiger partial charge in [-0.15, -0.1) is 0 Å². The number of aliphatic hydroxyl groups is 1. The number of rotatable bonds is 16. The normalized spacial score (nSPS) is 28.1. The molecular formula is C45H56N2O5. The molecule has 3 aliphatic carbocycles. The fraction of sp³-hybridized carbons (Fsp3) is 0.556. The molecule has 8 rings (SSSR count). The topological polar surface area (TPSA) is 79.3 Å². The molecule has 3 aromatic carbocycles. The first kappa shape index (κ1) is 35.4. The zero-order valence-corrected chi connectivity index (χ0v) is 30.9. The summed E-state index contributed by atoms with van der Waals surface area (Å²) < 4.78 is 12.9. The molecule has 3 aromatic rings. The minimum atomic E-state index is -0.343. The molecule has 2 heterocycles. The first-order valence-electron chi connectivity index (χ1n) is 20.2. The second kappa shape index (κ2) is 15.4. The van der Waals surface area contributed by atoms with Gasteiger partial charge in [0.15, 0.2) is 11.5 Å². The van der Waals surface area contributed by atoms with E-state index in [9.17, 15) is 14.7 Å². The molecule has 3 fully saturated rings. The van der Waals surface area contributed by atoms with Crippen molar-refractivity contribution in [3.63, 3.8) is 0 Å². The number of esters is 1. The summed E-state index contributed by atoms with van der Waals surface area (Å²) in [4.78, 5) is 31.6. The Kier molecular flexibility index (Phi) is 10.4. The fourth-order valence-electron chi connectivity index (χ4n) is 10.6. The SMILES string of the molecule is CC(=O)Oc1ccc2c3c1O[C@H]1[C@H](N(CCCc4ccccc4)C(=O)CCCCCCCc4ccccc4)CC[C@H]4[C@@H](C2)N(CC2CC2O)CC[C@@]341. The molecule has 1 N–H and O–H groups in total. The Labute approximate surface area is 309 Å². The monoisotopic (exact) mass is 704 g/mol. The van der Waals surface area contributed by atoms with Crippen LogP contribution < -0.4 is 9.47 Å². The van der Waals surface area contributed by atoms with Gasteiger partial charge in [0, 0.05) is 49.4 Å². The molecule has 7 heteroatoms. The number of likely N-dealkylation sites (tertiary alicyclic amines) is 1. The summed E-state index contributed by atoms with van der Waals surface area (Å²) in [5, 5.41) is 10.2. The molecule has 2 saturated carbocycles. The lowest BCUT2D eigenvalue weighted by atomic mass is 9.51. The number of ether oxygens (including phenoxy) is 2. The van der Waals surface area contributed by atoms with Crippen LogP contribution in [0.2, 0.25) is 0 Å². The molecule has 1 amide bonds. The van der Waals surface area contributed by atoms with E-state index in [0.717, 1.165) is 89.5 Å². The highest BCUT2D eigenvalue weighted by Crippen LogP contribution is 2.64. The molecule has 2 unspecified atom stereocenters. The van der Waals surface area contributed by atoms with Gasteiger partial charge in [-0.25, -0.2) is 0 Å². The van der Waals surface area contributed by atoms with Gasteiger partial charge in [-0.2, -0.15) is 0 Å². The van der Waals surface area contributed by atoms with Crippen molar-refractivity contribution in [2.75, 3.05) is 19.6 Å². The Morgan fingerprint density at radius 2 is 1.60 bits per heavy atom. The first-order valence-corrected chi connectivity index (χ1v) is 20.2. The summed E-state index contributed by atoms with van der Waals surface area (Å²) in [5.41, 5.74) is 5.03. The quantitative estimate of drug-likeness (QED) is 0.0949. The Morgan fingerprint density at radius 1 is 0.904 bits per heavy atom. The number of hydrogen-bond donors (Lipinski definition) is 1. The number of amides is 1. The van der Waals surface area contributed by atoms with E-state index in [-0.39, 0.29) is 35.5 Å². The number of aliphatic hydroxyl groups excluding tert-OH is 1. The Bertz CT molecular complexity index is 1710. The number of carbonyl (C=O) groups is 2. The number of aryl methyl sites for hydroxylation is 2. The van der Waals surface area contributed by atoms with Crippen LogP contribution in [0.15, 0.2) is 72.8 Å². The lowest BCUT2D eigenvalue weighted by Crippen LogP contribution is -2.69. The van der Waals surface area contributed by atoms with Crippen molar-refractivity contribution in [1.29, 1.82) is 0 Å². The molecule has 0 aromatic heterocycles. The van der Waals surface area contributed by atoms with Gasteiger partial charge in [-0.1, -0.05) is 86.0 Å².